The largest absolute Gasteiger partial charge is 0.349 e. The molecule has 3 aromatic rings. The van der Waals surface area contributed by atoms with E-state index in [0.717, 1.165) is 5.69 Å². The van der Waals surface area contributed by atoms with Crippen LogP contribution in [0.5, 0.6) is 0 Å². The number of hydrogen-bond donors (Lipinski definition) is 2. The Morgan fingerprint density at radius 2 is 1.58 bits per heavy atom. The third-order valence-electron chi connectivity index (χ3n) is 3.62. The highest BCUT2D eigenvalue weighted by Gasteiger charge is 2.03. The summed E-state index contributed by atoms with van der Waals surface area (Å²) in [7, 11) is 0. The number of hydrogen-bond acceptors (Lipinski definition) is 5. The molecular weight excluding hydrogens is 298 g/mol. The first-order chi connectivity index (χ1) is 11.6. The van der Waals surface area contributed by atoms with E-state index in [0.29, 0.717) is 18.3 Å². The lowest BCUT2D eigenvalue weighted by Crippen LogP contribution is -2.06. The molecule has 0 bridgehead atoms. The van der Waals surface area contributed by atoms with E-state index >= 15 is 0 Å². The molecule has 0 aliphatic carbocycles. The molecule has 5 nitrogen and oxygen atoms in total. The molecule has 0 spiro atoms. The minimum Gasteiger partial charge on any atom is -0.349 e. The van der Waals surface area contributed by atoms with Gasteiger partial charge in [-0.1, -0.05) is 35.9 Å². The standard InChI is InChI=1S/C19H21N5/c1-13-4-6-16(7-5-13)11-20-19-23-18(12-21-24-19)22-17-9-14(2)8-15(3)10-17/h4-10,12H,11H2,1-3H3,(H2,20,22,23,24). The number of aromatic nitrogens is 3. The monoisotopic (exact) mass is 319 g/mol. The van der Waals surface area contributed by atoms with E-state index in [1.165, 1.54) is 22.3 Å². The third kappa shape index (κ3) is 4.29. The van der Waals surface area contributed by atoms with Crippen molar-refractivity contribution in [3.05, 3.63) is 70.9 Å². The van der Waals surface area contributed by atoms with Gasteiger partial charge in [0.1, 0.15) is 0 Å². The summed E-state index contributed by atoms with van der Waals surface area (Å²) >= 11 is 0. The van der Waals surface area contributed by atoms with Crippen molar-refractivity contribution >= 4 is 17.5 Å². The molecule has 0 atom stereocenters. The van der Waals surface area contributed by atoms with Crippen LogP contribution in [0.3, 0.4) is 0 Å². The van der Waals surface area contributed by atoms with Crippen LogP contribution in [-0.2, 0) is 6.54 Å². The highest BCUT2D eigenvalue weighted by atomic mass is 15.3. The van der Waals surface area contributed by atoms with E-state index in [4.69, 9.17) is 0 Å². The highest BCUT2D eigenvalue weighted by molar-refractivity contribution is 5.58. The Morgan fingerprint density at radius 3 is 2.29 bits per heavy atom. The Morgan fingerprint density at radius 1 is 0.875 bits per heavy atom. The maximum Gasteiger partial charge on any atom is 0.244 e. The first-order valence-corrected chi connectivity index (χ1v) is 7.93. The Labute approximate surface area is 142 Å². The van der Waals surface area contributed by atoms with Gasteiger partial charge in [-0.25, -0.2) is 0 Å². The lowest BCUT2D eigenvalue weighted by atomic mass is 10.1. The summed E-state index contributed by atoms with van der Waals surface area (Å²) in [5.74, 6) is 1.17. The van der Waals surface area contributed by atoms with E-state index in [1.54, 1.807) is 6.20 Å². The Bertz CT molecular complexity index is 807. The zero-order valence-electron chi connectivity index (χ0n) is 14.2. The van der Waals surface area contributed by atoms with Crippen LogP contribution in [-0.4, -0.2) is 15.2 Å². The van der Waals surface area contributed by atoms with Crippen LogP contribution in [0.25, 0.3) is 0 Å². The van der Waals surface area contributed by atoms with Gasteiger partial charge >= 0.3 is 0 Å². The molecule has 24 heavy (non-hydrogen) atoms. The van der Waals surface area contributed by atoms with Crippen LogP contribution in [0.2, 0.25) is 0 Å². The van der Waals surface area contributed by atoms with E-state index in [1.807, 2.05) is 0 Å². The number of rotatable bonds is 5. The van der Waals surface area contributed by atoms with Gasteiger partial charge in [0.15, 0.2) is 5.82 Å². The van der Waals surface area contributed by atoms with Gasteiger partial charge in [-0.05, 0) is 49.6 Å². The first-order valence-electron chi connectivity index (χ1n) is 7.93. The lowest BCUT2D eigenvalue weighted by molar-refractivity contribution is 0.948. The van der Waals surface area contributed by atoms with E-state index in [9.17, 15) is 0 Å². The van der Waals surface area contributed by atoms with Crippen molar-refractivity contribution in [3.8, 4) is 0 Å². The molecule has 1 aromatic heterocycles. The number of anilines is 3. The van der Waals surface area contributed by atoms with Crippen LogP contribution in [0.1, 0.15) is 22.3 Å². The maximum absolute atomic E-state index is 4.46. The van der Waals surface area contributed by atoms with Gasteiger partial charge in [-0.3, -0.25) is 0 Å². The van der Waals surface area contributed by atoms with Gasteiger partial charge in [-0.15, -0.1) is 5.10 Å². The molecule has 0 unspecified atom stereocenters. The van der Waals surface area contributed by atoms with Gasteiger partial charge in [0.05, 0.1) is 6.20 Å². The van der Waals surface area contributed by atoms with Crippen molar-refractivity contribution in [1.29, 1.82) is 0 Å². The average molecular weight is 319 g/mol. The van der Waals surface area contributed by atoms with Crippen molar-refractivity contribution in [2.24, 2.45) is 0 Å². The van der Waals surface area contributed by atoms with Crippen molar-refractivity contribution in [2.75, 3.05) is 10.6 Å². The summed E-state index contributed by atoms with van der Waals surface area (Å²) in [6, 6.07) is 14.7. The van der Waals surface area contributed by atoms with Crippen LogP contribution in [0, 0.1) is 20.8 Å². The second-order valence-corrected chi connectivity index (χ2v) is 6.01. The SMILES string of the molecule is Cc1ccc(CNc2nncc(Nc3cc(C)cc(C)c3)n2)cc1. The zero-order chi connectivity index (χ0) is 16.9. The lowest BCUT2D eigenvalue weighted by Gasteiger charge is -2.09. The Hall–Kier alpha value is -2.95. The molecular formula is C19H21N5. The van der Waals surface area contributed by atoms with Crippen LogP contribution in [0.4, 0.5) is 17.5 Å². The van der Waals surface area contributed by atoms with Gasteiger partial charge in [-0.2, -0.15) is 10.1 Å². The van der Waals surface area contributed by atoms with Gasteiger partial charge < -0.3 is 10.6 Å². The van der Waals surface area contributed by atoms with Crippen molar-refractivity contribution in [1.82, 2.24) is 15.2 Å². The maximum atomic E-state index is 4.46. The first kappa shape index (κ1) is 15.9. The van der Waals surface area contributed by atoms with Crippen molar-refractivity contribution in [3.63, 3.8) is 0 Å². The number of nitrogens with one attached hydrogen (secondary N) is 2. The van der Waals surface area contributed by atoms with Crippen molar-refractivity contribution < 1.29 is 0 Å². The van der Waals surface area contributed by atoms with E-state index in [-0.39, 0.29) is 0 Å². The molecule has 0 saturated heterocycles. The molecule has 0 fully saturated rings. The molecule has 122 valence electrons. The van der Waals surface area contributed by atoms with Gasteiger partial charge in [0, 0.05) is 12.2 Å². The summed E-state index contributed by atoms with van der Waals surface area (Å²) in [5.41, 5.74) is 5.83. The van der Waals surface area contributed by atoms with Crippen molar-refractivity contribution in [2.45, 2.75) is 27.3 Å². The molecule has 1 heterocycles. The number of aryl methyl sites for hydroxylation is 3. The van der Waals surface area contributed by atoms with Gasteiger partial charge in [0.25, 0.3) is 0 Å². The number of benzene rings is 2. The molecule has 5 heteroatoms. The molecule has 2 N–H and O–H groups in total. The minimum atomic E-state index is 0.505. The Kier molecular flexibility index (Phi) is 4.70. The quantitative estimate of drug-likeness (QED) is 0.739. The second kappa shape index (κ2) is 7.08. The summed E-state index contributed by atoms with van der Waals surface area (Å²) in [4.78, 5) is 4.46. The van der Waals surface area contributed by atoms with Gasteiger partial charge in [0.2, 0.25) is 5.95 Å². The summed E-state index contributed by atoms with van der Waals surface area (Å²) in [5, 5.41) is 14.5. The highest BCUT2D eigenvalue weighted by Crippen LogP contribution is 2.18. The molecule has 0 aliphatic rings. The van der Waals surface area contributed by atoms with E-state index in [2.05, 4.69) is 89.1 Å². The van der Waals surface area contributed by atoms with E-state index < -0.39 is 0 Å². The summed E-state index contributed by atoms with van der Waals surface area (Å²) in [6.07, 6.45) is 1.62. The van der Waals surface area contributed by atoms with Crippen LogP contribution in [0.15, 0.2) is 48.7 Å². The molecule has 0 saturated carbocycles. The molecule has 2 aromatic carbocycles. The second-order valence-electron chi connectivity index (χ2n) is 6.01. The average Bonchev–Trinajstić information content (AvgIpc) is 2.54. The predicted octanol–water partition coefficient (Wildman–Crippen LogP) is 4.15. The topological polar surface area (TPSA) is 62.7 Å². The number of nitrogens with zero attached hydrogens (tertiary/aromatic N) is 3. The smallest absolute Gasteiger partial charge is 0.244 e. The minimum absolute atomic E-state index is 0.505. The van der Waals surface area contributed by atoms with Crippen LogP contribution >= 0.6 is 0 Å². The molecule has 3 rings (SSSR count). The molecule has 0 aliphatic heterocycles. The summed E-state index contributed by atoms with van der Waals surface area (Å²) in [6.45, 7) is 6.89. The molecule has 0 amide bonds. The fourth-order valence-electron chi connectivity index (χ4n) is 2.52. The third-order valence-corrected chi connectivity index (χ3v) is 3.62. The normalized spacial score (nSPS) is 10.5. The zero-order valence-corrected chi connectivity index (χ0v) is 14.2. The predicted molar refractivity (Wildman–Crippen MR) is 97.5 cm³/mol. The summed E-state index contributed by atoms with van der Waals surface area (Å²) < 4.78 is 0. The van der Waals surface area contributed by atoms with Crippen LogP contribution < -0.4 is 10.6 Å². The Balaban J connectivity index is 1.68. The fraction of sp³-hybridized carbons (Fsp3) is 0.211. The molecule has 0 radical (unpaired) electrons. The fourth-order valence-corrected chi connectivity index (χ4v) is 2.52.